The molecule has 0 unspecified atom stereocenters. The lowest BCUT2D eigenvalue weighted by Crippen LogP contribution is -1.86. The first-order valence-corrected chi connectivity index (χ1v) is 7.38. The summed E-state index contributed by atoms with van der Waals surface area (Å²) in [7, 11) is 0. The monoisotopic (exact) mass is 357 g/mol. The van der Waals surface area contributed by atoms with E-state index >= 15 is 0 Å². The maximum Gasteiger partial charge on any atom is 0.139 e. The fourth-order valence-corrected chi connectivity index (χ4v) is 2.94. The van der Waals surface area contributed by atoms with Gasteiger partial charge in [0.1, 0.15) is 5.82 Å². The number of nitrogens with one attached hydrogen (secondary N) is 1. The second-order valence-electron chi connectivity index (χ2n) is 4.42. The Morgan fingerprint density at radius 1 is 1.27 bits per heavy atom. The van der Waals surface area contributed by atoms with Crippen molar-refractivity contribution >= 4 is 36.2 Å². The molecule has 0 radical (unpaired) electrons. The molecule has 0 aliphatic rings. The first kappa shape index (κ1) is 18.6. The number of aromatic amines is 1. The molecule has 0 fully saturated rings. The molecule has 3 aromatic rings. The molecule has 0 amide bonds. The minimum Gasteiger partial charge on any atom is -0.391 e. The number of imidazole rings is 1. The third-order valence-corrected chi connectivity index (χ3v) is 4.12. The van der Waals surface area contributed by atoms with Crippen LogP contribution in [0.5, 0.6) is 0 Å². The molecule has 0 atom stereocenters. The number of rotatable bonds is 4. The van der Waals surface area contributed by atoms with Gasteiger partial charge in [-0.3, -0.25) is 4.98 Å². The predicted octanol–water partition coefficient (Wildman–Crippen LogP) is 4.10. The van der Waals surface area contributed by atoms with Crippen molar-refractivity contribution in [1.82, 2.24) is 15.0 Å². The SMILES string of the molecule is CCc1[nH]c(-c2ccsc2CO)nc1-c1cccnc1.Cl.Cl. The van der Waals surface area contributed by atoms with E-state index in [1.165, 1.54) is 0 Å². The molecule has 4 nitrogen and oxygen atoms in total. The normalized spacial score (nSPS) is 9.91. The zero-order valence-corrected chi connectivity index (χ0v) is 14.4. The van der Waals surface area contributed by atoms with Gasteiger partial charge in [-0.1, -0.05) is 6.92 Å². The van der Waals surface area contributed by atoms with Crippen LogP contribution in [0.4, 0.5) is 0 Å². The Morgan fingerprint density at radius 2 is 2.09 bits per heavy atom. The van der Waals surface area contributed by atoms with Crippen LogP contribution in [-0.4, -0.2) is 20.1 Å². The van der Waals surface area contributed by atoms with Crippen molar-refractivity contribution in [2.45, 2.75) is 20.0 Å². The number of aryl methyl sites for hydroxylation is 1. The van der Waals surface area contributed by atoms with E-state index in [4.69, 9.17) is 4.98 Å². The van der Waals surface area contributed by atoms with Crippen molar-refractivity contribution in [2.75, 3.05) is 0 Å². The Balaban J connectivity index is 0.00000121. The number of hydrogen-bond donors (Lipinski definition) is 2. The molecule has 22 heavy (non-hydrogen) atoms. The van der Waals surface area contributed by atoms with Crippen molar-refractivity contribution in [2.24, 2.45) is 0 Å². The zero-order chi connectivity index (χ0) is 13.9. The molecule has 0 saturated heterocycles. The number of pyridine rings is 1. The first-order valence-electron chi connectivity index (χ1n) is 6.50. The topological polar surface area (TPSA) is 61.8 Å². The van der Waals surface area contributed by atoms with Gasteiger partial charge in [0.2, 0.25) is 0 Å². The number of hydrogen-bond acceptors (Lipinski definition) is 4. The summed E-state index contributed by atoms with van der Waals surface area (Å²) in [5.74, 6) is 0.811. The third-order valence-electron chi connectivity index (χ3n) is 3.21. The molecule has 0 aliphatic carbocycles. The smallest absolute Gasteiger partial charge is 0.139 e. The molecule has 118 valence electrons. The van der Waals surface area contributed by atoms with E-state index in [1.54, 1.807) is 17.5 Å². The number of aliphatic hydroxyl groups excluding tert-OH is 1. The number of nitrogens with zero attached hydrogens (tertiary/aromatic N) is 2. The van der Waals surface area contributed by atoms with Crippen molar-refractivity contribution in [3.63, 3.8) is 0 Å². The van der Waals surface area contributed by atoms with Gasteiger partial charge in [-0.2, -0.15) is 0 Å². The van der Waals surface area contributed by atoms with Gasteiger partial charge in [0.15, 0.2) is 0 Å². The molecular formula is C15H17Cl2N3OS. The Labute approximate surface area is 145 Å². The Morgan fingerprint density at radius 3 is 2.73 bits per heavy atom. The van der Waals surface area contributed by atoms with Crippen LogP contribution < -0.4 is 0 Å². The molecule has 0 bridgehead atoms. The largest absolute Gasteiger partial charge is 0.391 e. The summed E-state index contributed by atoms with van der Waals surface area (Å²) in [4.78, 5) is 13.1. The van der Waals surface area contributed by atoms with Crippen molar-refractivity contribution in [1.29, 1.82) is 0 Å². The number of thiophene rings is 1. The second-order valence-corrected chi connectivity index (χ2v) is 5.42. The minimum absolute atomic E-state index is 0. The number of H-pyrrole nitrogens is 1. The van der Waals surface area contributed by atoms with Gasteiger partial charge < -0.3 is 10.1 Å². The summed E-state index contributed by atoms with van der Waals surface area (Å²) in [6.45, 7) is 2.13. The fraction of sp³-hybridized carbons (Fsp3) is 0.200. The van der Waals surface area contributed by atoms with Gasteiger partial charge in [-0.25, -0.2) is 4.98 Å². The van der Waals surface area contributed by atoms with Gasteiger partial charge in [0.05, 0.1) is 12.3 Å². The molecule has 0 aliphatic heterocycles. The lowest BCUT2D eigenvalue weighted by molar-refractivity contribution is 0.286. The summed E-state index contributed by atoms with van der Waals surface area (Å²) in [5.41, 5.74) is 4.00. The zero-order valence-electron chi connectivity index (χ0n) is 11.9. The Kier molecular flexibility index (Phi) is 7.03. The van der Waals surface area contributed by atoms with Crippen LogP contribution in [0.1, 0.15) is 17.5 Å². The quantitative estimate of drug-likeness (QED) is 0.738. The van der Waals surface area contributed by atoms with E-state index in [0.29, 0.717) is 0 Å². The first-order chi connectivity index (χ1) is 9.83. The summed E-state index contributed by atoms with van der Waals surface area (Å²) in [6.07, 6.45) is 4.45. The van der Waals surface area contributed by atoms with E-state index in [2.05, 4.69) is 16.9 Å². The van der Waals surface area contributed by atoms with E-state index in [0.717, 1.165) is 39.6 Å². The maximum atomic E-state index is 9.38. The van der Waals surface area contributed by atoms with Crippen LogP contribution in [0.25, 0.3) is 22.6 Å². The Hall–Kier alpha value is -1.40. The summed E-state index contributed by atoms with van der Waals surface area (Å²) >= 11 is 1.54. The molecule has 3 heterocycles. The molecule has 7 heteroatoms. The molecule has 3 rings (SSSR count). The molecule has 3 aromatic heterocycles. The summed E-state index contributed by atoms with van der Waals surface area (Å²) in [6, 6.07) is 5.90. The molecule has 0 spiro atoms. The molecule has 0 saturated carbocycles. The van der Waals surface area contributed by atoms with Gasteiger partial charge in [0.25, 0.3) is 0 Å². The van der Waals surface area contributed by atoms with Gasteiger partial charge in [-0.05, 0) is 30.0 Å². The lowest BCUT2D eigenvalue weighted by atomic mass is 10.1. The van der Waals surface area contributed by atoms with E-state index < -0.39 is 0 Å². The van der Waals surface area contributed by atoms with Gasteiger partial charge in [-0.15, -0.1) is 36.2 Å². The maximum absolute atomic E-state index is 9.38. The van der Waals surface area contributed by atoms with Crippen LogP contribution in [-0.2, 0) is 13.0 Å². The van der Waals surface area contributed by atoms with E-state index in [1.807, 2.05) is 29.8 Å². The van der Waals surface area contributed by atoms with Gasteiger partial charge in [0, 0.05) is 34.1 Å². The van der Waals surface area contributed by atoms with Crippen LogP contribution in [0.3, 0.4) is 0 Å². The third kappa shape index (κ3) is 3.50. The fourth-order valence-electron chi connectivity index (χ4n) is 2.21. The Bertz CT molecular complexity index is 713. The number of aromatic nitrogens is 3. The number of halogens is 2. The van der Waals surface area contributed by atoms with Crippen LogP contribution in [0, 0.1) is 0 Å². The highest BCUT2D eigenvalue weighted by Gasteiger charge is 2.15. The summed E-state index contributed by atoms with van der Waals surface area (Å²) in [5, 5.41) is 11.3. The highest BCUT2D eigenvalue weighted by molar-refractivity contribution is 7.10. The van der Waals surface area contributed by atoms with E-state index in [-0.39, 0.29) is 31.4 Å². The van der Waals surface area contributed by atoms with Crippen molar-refractivity contribution in [3.05, 3.63) is 46.5 Å². The molecular weight excluding hydrogens is 341 g/mol. The highest BCUT2D eigenvalue weighted by Crippen LogP contribution is 2.30. The standard InChI is InChI=1S/C15H15N3OS.2ClH/c1-2-12-14(10-4-3-6-16-8-10)18-15(17-12)11-5-7-20-13(11)9-19;;/h3-8,19H,2,9H2,1H3,(H,17,18);2*1H. The van der Waals surface area contributed by atoms with Crippen LogP contribution >= 0.6 is 36.2 Å². The lowest BCUT2D eigenvalue weighted by Gasteiger charge is -1.98. The van der Waals surface area contributed by atoms with E-state index in [9.17, 15) is 5.11 Å². The summed E-state index contributed by atoms with van der Waals surface area (Å²) < 4.78 is 0. The predicted molar refractivity (Wildman–Crippen MR) is 94.9 cm³/mol. The molecule has 2 N–H and O–H groups in total. The van der Waals surface area contributed by atoms with Crippen LogP contribution in [0.15, 0.2) is 36.0 Å². The number of aliphatic hydroxyl groups is 1. The van der Waals surface area contributed by atoms with Crippen LogP contribution in [0.2, 0.25) is 0 Å². The van der Waals surface area contributed by atoms with Gasteiger partial charge >= 0.3 is 0 Å². The average molecular weight is 358 g/mol. The van der Waals surface area contributed by atoms with Crippen molar-refractivity contribution in [3.8, 4) is 22.6 Å². The molecule has 0 aromatic carbocycles. The minimum atomic E-state index is 0. The average Bonchev–Trinajstić information content (AvgIpc) is 3.13. The van der Waals surface area contributed by atoms with Crippen molar-refractivity contribution < 1.29 is 5.11 Å². The second kappa shape index (κ2) is 8.29. The highest BCUT2D eigenvalue weighted by atomic mass is 35.5.